The lowest BCUT2D eigenvalue weighted by Gasteiger charge is -2.08. The second-order valence-electron chi connectivity index (χ2n) is 5.07. The van der Waals surface area contributed by atoms with Gasteiger partial charge in [-0.3, -0.25) is 4.79 Å². The number of amides is 1. The Balaban J connectivity index is 1.91. The molecule has 0 heterocycles. The molecule has 0 fully saturated rings. The first kappa shape index (κ1) is 16.7. The van der Waals surface area contributed by atoms with Gasteiger partial charge in [0.15, 0.2) is 0 Å². The molecule has 0 aliphatic heterocycles. The number of carbonyl (C=O) groups is 2. The molecule has 5 heteroatoms. The van der Waals surface area contributed by atoms with E-state index >= 15 is 0 Å². The quantitative estimate of drug-likeness (QED) is 0.829. The monoisotopic (exact) mass is 315 g/mol. The van der Waals surface area contributed by atoms with E-state index in [2.05, 4.69) is 10.1 Å². The van der Waals surface area contributed by atoms with Gasteiger partial charge in [0.05, 0.1) is 18.4 Å². The van der Waals surface area contributed by atoms with Gasteiger partial charge in [0.25, 0.3) is 0 Å². The van der Waals surface area contributed by atoms with Gasteiger partial charge in [-0.25, -0.2) is 9.18 Å². The van der Waals surface area contributed by atoms with Crippen LogP contribution in [-0.4, -0.2) is 19.0 Å². The summed E-state index contributed by atoms with van der Waals surface area (Å²) in [6, 6.07) is 13.5. The molecule has 23 heavy (non-hydrogen) atoms. The molecule has 0 radical (unpaired) electrons. The Morgan fingerprint density at radius 3 is 2.57 bits per heavy atom. The molecule has 1 N–H and O–H groups in total. The van der Waals surface area contributed by atoms with Gasteiger partial charge in [0, 0.05) is 6.42 Å². The molecule has 1 amide bonds. The van der Waals surface area contributed by atoms with E-state index < -0.39 is 11.8 Å². The average molecular weight is 315 g/mol. The van der Waals surface area contributed by atoms with E-state index in [4.69, 9.17) is 0 Å². The van der Waals surface area contributed by atoms with Crippen LogP contribution in [0.4, 0.5) is 10.1 Å². The molecule has 0 atom stereocenters. The largest absolute Gasteiger partial charge is 0.465 e. The fourth-order valence-corrected chi connectivity index (χ4v) is 2.18. The van der Waals surface area contributed by atoms with Gasteiger partial charge in [-0.2, -0.15) is 0 Å². The molecule has 0 saturated carbocycles. The first-order valence-electron chi connectivity index (χ1n) is 7.32. The maximum Gasteiger partial charge on any atom is 0.337 e. The molecule has 0 aliphatic carbocycles. The summed E-state index contributed by atoms with van der Waals surface area (Å²) in [6.45, 7) is 0. The van der Waals surface area contributed by atoms with E-state index in [0.717, 1.165) is 18.1 Å². The summed E-state index contributed by atoms with van der Waals surface area (Å²) in [5.74, 6) is -1.46. The Labute approximate surface area is 134 Å². The van der Waals surface area contributed by atoms with E-state index in [9.17, 15) is 14.0 Å². The van der Waals surface area contributed by atoms with E-state index in [1.807, 2.05) is 30.3 Å². The van der Waals surface area contributed by atoms with Crippen molar-refractivity contribution in [3.63, 3.8) is 0 Å². The summed E-state index contributed by atoms with van der Waals surface area (Å²) in [5.41, 5.74) is 1.32. The van der Waals surface area contributed by atoms with E-state index in [-0.39, 0.29) is 23.6 Å². The summed E-state index contributed by atoms with van der Waals surface area (Å²) in [5, 5.41) is 2.49. The number of hydrogen-bond acceptors (Lipinski definition) is 3. The predicted octanol–water partition coefficient (Wildman–Crippen LogP) is 3.57. The minimum absolute atomic E-state index is 0.0161. The van der Waals surface area contributed by atoms with Crippen molar-refractivity contribution in [3.05, 3.63) is 65.5 Å². The third kappa shape index (κ3) is 4.92. The predicted molar refractivity (Wildman–Crippen MR) is 85.7 cm³/mol. The Hall–Kier alpha value is -2.69. The molecule has 120 valence electrons. The number of esters is 1. The van der Waals surface area contributed by atoms with Crippen LogP contribution in [0.3, 0.4) is 0 Å². The van der Waals surface area contributed by atoms with Crippen LogP contribution in [0.25, 0.3) is 0 Å². The molecule has 0 aliphatic rings. The van der Waals surface area contributed by atoms with Crippen LogP contribution in [-0.2, 0) is 16.0 Å². The SMILES string of the molecule is COC(=O)c1ccc(F)c(NC(=O)CCCc2ccccc2)c1. The Bertz CT molecular complexity index is 686. The number of methoxy groups -OCH3 is 1. The number of nitrogens with one attached hydrogen (secondary N) is 1. The number of halogens is 1. The van der Waals surface area contributed by atoms with Gasteiger partial charge < -0.3 is 10.1 Å². The summed E-state index contributed by atoms with van der Waals surface area (Å²) >= 11 is 0. The molecule has 0 unspecified atom stereocenters. The van der Waals surface area contributed by atoms with Crippen LogP contribution in [0.5, 0.6) is 0 Å². The zero-order valence-electron chi connectivity index (χ0n) is 12.8. The van der Waals surface area contributed by atoms with E-state index in [1.54, 1.807) is 0 Å². The molecular weight excluding hydrogens is 297 g/mol. The number of benzene rings is 2. The zero-order chi connectivity index (χ0) is 16.7. The van der Waals surface area contributed by atoms with Gasteiger partial charge in [-0.1, -0.05) is 30.3 Å². The maximum absolute atomic E-state index is 13.7. The van der Waals surface area contributed by atoms with Crippen molar-refractivity contribution in [2.75, 3.05) is 12.4 Å². The molecule has 0 spiro atoms. The van der Waals surface area contributed by atoms with Crippen molar-refractivity contribution < 1.29 is 18.7 Å². The van der Waals surface area contributed by atoms with Crippen molar-refractivity contribution in [1.82, 2.24) is 0 Å². The molecule has 0 saturated heterocycles. The number of ether oxygens (including phenoxy) is 1. The number of rotatable bonds is 6. The smallest absolute Gasteiger partial charge is 0.337 e. The summed E-state index contributed by atoms with van der Waals surface area (Å²) < 4.78 is 18.3. The van der Waals surface area contributed by atoms with Gasteiger partial charge in [0.2, 0.25) is 5.91 Å². The number of hydrogen-bond donors (Lipinski definition) is 1. The molecule has 0 aromatic heterocycles. The highest BCUT2D eigenvalue weighted by Crippen LogP contribution is 2.17. The maximum atomic E-state index is 13.7. The highest BCUT2D eigenvalue weighted by atomic mass is 19.1. The lowest BCUT2D eigenvalue weighted by Crippen LogP contribution is -2.13. The first-order chi connectivity index (χ1) is 11.1. The van der Waals surface area contributed by atoms with Gasteiger partial charge in [0.1, 0.15) is 5.82 Å². The molecule has 0 bridgehead atoms. The van der Waals surface area contributed by atoms with Crippen molar-refractivity contribution in [3.8, 4) is 0 Å². The lowest BCUT2D eigenvalue weighted by molar-refractivity contribution is -0.116. The highest BCUT2D eigenvalue weighted by Gasteiger charge is 2.12. The third-order valence-electron chi connectivity index (χ3n) is 3.37. The Morgan fingerprint density at radius 1 is 1.13 bits per heavy atom. The van der Waals surface area contributed by atoms with E-state index in [0.29, 0.717) is 6.42 Å². The fourth-order valence-electron chi connectivity index (χ4n) is 2.18. The molecule has 2 aromatic carbocycles. The van der Waals surface area contributed by atoms with Crippen LogP contribution in [0.1, 0.15) is 28.8 Å². The lowest BCUT2D eigenvalue weighted by atomic mass is 10.1. The van der Waals surface area contributed by atoms with Crippen molar-refractivity contribution in [2.24, 2.45) is 0 Å². The van der Waals surface area contributed by atoms with Crippen molar-refractivity contribution >= 4 is 17.6 Å². The van der Waals surface area contributed by atoms with Crippen molar-refractivity contribution in [1.29, 1.82) is 0 Å². The van der Waals surface area contributed by atoms with Gasteiger partial charge in [-0.05, 0) is 36.6 Å². The van der Waals surface area contributed by atoms with Crippen LogP contribution < -0.4 is 5.32 Å². The second-order valence-corrected chi connectivity index (χ2v) is 5.07. The Morgan fingerprint density at radius 2 is 1.87 bits per heavy atom. The van der Waals surface area contributed by atoms with Crippen molar-refractivity contribution in [2.45, 2.75) is 19.3 Å². The van der Waals surface area contributed by atoms with Crippen LogP contribution >= 0.6 is 0 Å². The van der Waals surface area contributed by atoms with Crippen LogP contribution in [0.15, 0.2) is 48.5 Å². The summed E-state index contributed by atoms with van der Waals surface area (Å²) in [6.07, 6.45) is 1.71. The van der Waals surface area contributed by atoms with E-state index in [1.165, 1.54) is 19.2 Å². The third-order valence-corrected chi connectivity index (χ3v) is 3.37. The minimum Gasteiger partial charge on any atom is -0.465 e. The minimum atomic E-state index is -0.589. The molecule has 4 nitrogen and oxygen atoms in total. The highest BCUT2D eigenvalue weighted by molar-refractivity contribution is 5.94. The molecular formula is C18H18FNO3. The average Bonchev–Trinajstić information content (AvgIpc) is 2.57. The normalized spacial score (nSPS) is 10.2. The number of anilines is 1. The fraction of sp³-hybridized carbons (Fsp3) is 0.222. The standard InChI is InChI=1S/C18H18FNO3/c1-23-18(22)14-10-11-15(19)16(12-14)20-17(21)9-5-8-13-6-3-2-4-7-13/h2-4,6-7,10-12H,5,8-9H2,1H3,(H,20,21). The van der Waals surface area contributed by atoms with Crippen LogP contribution in [0.2, 0.25) is 0 Å². The van der Waals surface area contributed by atoms with Crippen LogP contribution in [0, 0.1) is 5.82 Å². The Kier molecular flexibility index (Phi) is 5.86. The first-order valence-corrected chi connectivity index (χ1v) is 7.32. The topological polar surface area (TPSA) is 55.4 Å². The summed E-state index contributed by atoms with van der Waals surface area (Å²) in [7, 11) is 1.24. The zero-order valence-corrected chi connectivity index (χ0v) is 12.8. The van der Waals surface area contributed by atoms with Gasteiger partial charge >= 0.3 is 5.97 Å². The summed E-state index contributed by atoms with van der Waals surface area (Å²) in [4.78, 5) is 23.3. The van der Waals surface area contributed by atoms with Gasteiger partial charge in [-0.15, -0.1) is 0 Å². The second kappa shape index (κ2) is 8.08. The number of carbonyl (C=O) groups excluding carboxylic acids is 2. The molecule has 2 aromatic rings. The molecule has 2 rings (SSSR count). The number of aryl methyl sites for hydroxylation is 1.